The molecule has 0 fully saturated rings. The summed E-state index contributed by atoms with van der Waals surface area (Å²) in [7, 11) is -3.39. The maximum atomic E-state index is 12.3. The molecule has 6 nitrogen and oxygen atoms in total. The zero-order valence-corrected chi connectivity index (χ0v) is 14.3. The molecule has 2 aromatic carbocycles. The van der Waals surface area contributed by atoms with Gasteiger partial charge < -0.3 is 10.3 Å². The monoisotopic (exact) mass is 356 g/mol. The van der Waals surface area contributed by atoms with Gasteiger partial charge in [0.05, 0.1) is 4.90 Å². The van der Waals surface area contributed by atoms with Crippen LogP contribution in [0.25, 0.3) is 10.9 Å². The molecule has 0 aliphatic heterocycles. The highest BCUT2D eigenvalue weighted by atomic mass is 32.2. The number of sulfone groups is 1. The Bertz CT molecular complexity index is 1120. The van der Waals surface area contributed by atoms with Gasteiger partial charge in [0, 0.05) is 29.4 Å². The minimum atomic E-state index is -3.39. The first kappa shape index (κ1) is 16.9. The number of benzene rings is 2. The van der Waals surface area contributed by atoms with Crippen LogP contribution in [0.4, 0.5) is 0 Å². The minimum Gasteiger partial charge on any atom is -0.348 e. The fourth-order valence-electron chi connectivity index (χ4n) is 2.47. The van der Waals surface area contributed by atoms with Crippen molar-refractivity contribution in [3.8, 4) is 0 Å². The van der Waals surface area contributed by atoms with Gasteiger partial charge in [-0.15, -0.1) is 0 Å². The Hall–Kier alpha value is -2.93. The first-order valence-electron chi connectivity index (χ1n) is 7.54. The summed E-state index contributed by atoms with van der Waals surface area (Å²) in [5.41, 5.74) is 1.10. The highest BCUT2D eigenvalue weighted by molar-refractivity contribution is 7.90. The molecule has 128 valence electrons. The summed E-state index contributed by atoms with van der Waals surface area (Å²) in [5, 5.41) is 3.51. The van der Waals surface area contributed by atoms with Gasteiger partial charge in [0.25, 0.3) is 11.5 Å². The summed E-state index contributed by atoms with van der Waals surface area (Å²) in [6, 6.07) is 14.9. The summed E-state index contributed by atoms with van der Waals surface area (Å²) in [6.07, 6.45) is 1.08. The number of pyridine rings is 1. The SMILES string of the molecule is CS(=O)(=O)c1cccc(C(=O)NCc2cc3ccccc3[nH]c2=O)c1. The van der Waals surface area contributed by atoms with Crippen LogP contribution < -0.4 is 10.9 Å². The van der Waals surface area contributed by atoms with Crippen LogP contribution in [-0.2, 0) is 16.4 Å². The van der Waals surface area contributed by atoms with E-state index in [0.29, 0.717) is 5.56 Å². The molecule has 0 saturated carbocycles. The quantitative estimate of drug-likeness (QED) is 0.746. The first-order valence-corrected chi connectivity index (χ1v) is 9.43. The number of carbonyl (C=O) groups is 1. The van der Waals surface area contributed by atoms with Crippen LogP contribution in [0.3, 0.4) is 0 Å². The van der Waals surface area contributed by atoms with Crippen molar-refractivity contribution in [1.82, 2.24) is 10.3 Å². The van der Waals surface area contributed by atoms with Crippen molar-refractivity contribution in [2.75, 3.05) is 6.26 Å². The van der Waals surface area contributed by atoms with Crippen LogP contribution >= 0.6 is 0 Å². The molecule has 1 heterocycles. The third kappa shape index (κ3) is 3.77. The standard InChI is InChI=1S/C18H16N2O4S/c1-25(23,24)15-7-4-6-13(10-15)17(21)19-11-14-9-12-5-2-3-8-16(12)20-18(14)22/h2-10H,11H2,1H3,(H,19,21)(H,20,22). The number of amides is 1. The molecular weight excluding hydrogens is 340 g/mol. The molecule has 25 heavy (non-hydrogen) atoms. The zero-order chi connectivity index (χ0) is 18.0. The highest BCUT2D eigenvalue weighted by Gasteiger charge is 2.12. The summed E-state index contributed by atoms with van der Waals surface area (Å²) >= 11 is 0. The predicted molar refractivity (Wildman–Crippen MR) is 95.3 cm³/mol. The number of H-pyrrole nitrogens is 1. The number of carbonyl (C=O) groups excluding carboxylic acids is 1. The fourth-order valence-corrected chi connectivity index (χ4v) is 3.14. The number of para-hydroxylation sites is 1. The Morgan fingerprint density at radius 2 is 1.84 bits per heavy atom. The number of fused-ring (bicyclic) bond motifs is 1. The molecule has 0 bridgehead atoms. The van der Waals surface area contributed by atoms with E-state index in [1.165, 1.54) is 24.3 Å². The summed E-state index contributed by atoms with van der Waals surface area (Å²) < 4.78 is 23.2. The van der Waals surface area contributed by atoms with E-state index in [9.17, 15) is 18.0 Å². The molecule has 0 spiro atoms. The average Bonchev–Trinajstić information content (AvgIpc) is 2.59. The predicted octanol–water partition coefficient (Wildman–Crippen LogP) is 1.86. The molecule has 0 aliphatic rings. The van der Waals surface area contributed by atoms with E-state index >= 15 is 0 Å². The van der Waals surface area contributed by atoms with E-state index in [4.69, 9.17) is 0 Å². The lowest BCUT2D eigenvalue weighted by molar-refractivity contribution is 0.0950. The van der Waals surface area contributed by atoms with Crippen molar-refractivity contribution in [1.29, 1.82) is 0 Å². The molecule has 7 heteroatoms. The second-order valence-corrected chi connectivity index (χ2v) is 7.71. The van der Waals surface area contributed by atoms with Crippen LogP contribution in [0.5, 0.6) is 0 Å². The molecule has 0 aliphatic carbocycles. The number of hydrogen-bond donors (Lipinski definition) is 2. The third-order valence-corrected chi connectivity index (χ3v) is 4.90. The number of hydrogen-bond acceptors (Lipinski definition) is 4. The molecule has 3 aromatic rings. The molecule has 1 amide bonds. The Morgan fingerprint density at radius 3 is 2.60 bits per heavy atom. The molecule has 0 saturated heterocycles. The maximum Gasteiger partial charge on any atom is 0.253 e. The van der Waals surface area contributed by atoms with Crippen LogP contribution in [0.2, 0.25) is 0 Å². The van der Waals surface area contributed by atoms with Crippen molar-refractivity contribution in [3.63, 3.8) is 0 Å². The topological polar surface area (TPSA) is 96.1 Å². The van der Waals surface area contributed by atoms with E-state index in [-0.39, 0.29) is 22.6 Å². The molecule has 3 rings (SSSR count). The van der Waals surface area contributed by atoms with Gasteiger partial charge in [-0.3, -0.25) is 9.59 Å². The maximum absolute atomic E-state index is 12.3. The van der Waals surface area contributed by atoms with Crippen molar-refractivity contribution in [2.24, 2.45) is 0 Å². The summed E-state index contributed by atoms with van der Waals surface area (Å²) in [5.74, 6) is -0.446. The Kier molecular flexibility index (Phi) is 4.41. The summed E-state index contributed by atoms with van der Waals surface area (Å²) in [6.45, 7) is 0.0438. The van der Waals surface area contributed by atoms with E-state index in [1.807, 2.05) is 18.2 Å². The van der Waals surface area contributed by atoms with Gasteiger partial charge in [0.15, 0.2) is 9.84 Å². The smallest absolute Gasteiger partial charge is 0.253 e. The van der Waals surface area contributed by atoms with Gasteiger partial charge in [-0.05, 0) is 35.7 Å². The molecular formula is C18H16N2O4S. The number of aromatic nitrogens is 1. The second-order valence-electron chi connectivity index (χ2n) is 5.69. The van der Waals surface area contributed by atoms with Gasteiger partial charge in [0.2, 0.25) is 0 Å². The Labute approximate surface area is 144 Å². The zero-order valence-electron chi connectivity index (χ0n) is 13.4. The van der Waals surface area contributed by atoms with E-state index in [2.05, 4.69) is 10.3 Å². The Morgan fingerprint density at radius 1 is 1.08 bits per heavy atom. The lowest BCUT2D eigenvalue weighted by Crippen LogP contribution is -2.26. The van der Waals surface area contributed by atoms with Crippen molar-refractivity contribution < 1.29 is 13.2 Å². The molecule has 0 atom stereocenters. The lowest BCUT2D eigenvalue weighted by atomic mass is 10.1. The minimum absolute atomic E-state index is 0.0438. The highest BCUT2D eigenvalue weighted by Crippen LogP contribution is 2.12. The van der Waals surface area contributed by atoms with Crippen molar-refractivity contribution >= 4 is 26.6 Å². The normalized spacial score (nSPS) is 11.4. The fraction of sp³-hybridized carbons (Fsp3) is 0.111. The molecule has 1 aromatic heterocycles. The first-order chi connectivity index (χ1) is 11.8. The average molecular weight is 356 g/mol. The molecule has 0 unspecified atom stereocenters. The van der Waals surface area contributed by atoms with Crippen LogP contribution in [0.15, 0.2) is 64.3 Å². The van der Waals surface area contributed by atoms with Crippen LogP contribution in [-0.4, -0.2) is 25.6 Å². The largest absolute Gasteiger partial charge is 0.348 e. The second kappa shape index (κ2) is 6.52. The van der Waals surface area contributed by atoms with E-state index < -0.39 is 15.7 Å². The van der Waals surface area contributed by atoms with Gasteiger partial charge in [-0.1, -0.05) is 24.3 Å². The van der Waals surface area contributed by atoms with Gasteiger partial charge in [0.1, 0.15) is 0 Å². The van der Waals surface area contributed by atoms with Crippen LogP contribution in [0, 0.1) is 0 Å². The third-order valence-electron chi connectivity index (χ3n) is 3.79. The lowest BCUT2D eigenvalue weighted by Gasteiger charge is -2.07. The van der Waals surface area contributed by atoms with Crippen LogP contribution in [0.1, 0.15) is 15.9 Å². The number of nitrogens with one attached hydrogen (secondary N) is 2. The van der Waals surface area contributed by atoms with Crippen molar-refractivity contribution in [3.05, 3.63) is 76.1 Å². The Balaban J connectivity index is 1.81. The van der Waals surface area contributed by atoms with E-state index in [1.54, 1.807) is 12.1 Å². The van der Waals surface area contributed by atoms with Gasteiger partial charge >= 0.3 is 0 Å². The molecule has 0 radical (unpaired) electrons. The molecule has 2 N–H and O–H groups in total. The number of rotatable bonds is 4. The summed E-state index contributed by atoms with van der Waals surface area (Å²) in [4.78, 5) is 27.2. The van der Waals surface area contributed by atoms with Gasteiger partial charge in [-0.2, -0.15) is 0 Å². The number of aromatic amines is 1. The van der Waals surface area contributed by atoms with Gasteiger partial charge in [-0.25, -0.2) is 8.42 Å². The van der Waals surface area contributed by atoms with E-state index in [0.717, 1.165) is 17.2 Å². The van der Waals surface area contributed by atoms with Crippen molar-refractivity contribution in [2.45, 2.75) is 11.4 Å².